The second kappa shape index (κ2) is 6.22. The number of nitrogens with one attached hydrogen (secondary N) is 1. The number of carboxylic acids is 1. The Labute approximate surface area is 122 Å². The Kier molecular flexibility index (Phi) is 5.11. The van der Waals surface area contributed by atoms with Crippen LogP contribution < -0.4 is 4.72 Å². The minimum absolute atomic E-state index is 0.0910. The number of nitriles is 1. The van der Waals surface area contributed by atoms with Gasteiger partial charge in [0.1, 0.15) is 4.90 Å². The van der Waals surface area contributed by atoms with Crippen molar-refractivity contribution in [1.29, 1.82) is 5.26 Å². The lowest BCUT2D eigenvalue weighted by Crippen LogP contribution is -2.40. The fourth-order valence-corrected chi connectivity index (χ4v) is 3.28. The van der Waals surface area contributed by atoms with E-state index >= 15 is 0 Å². The normalized spacial score (nSPS) is 14.3. The molecule has 2 unspecified atom stereocenters. The molecule has 0 fully saturated rings. The van der Waals surface area contributed by atoms with Crippen LogP contribution in [0.25, 0.3) is 0 Å². The zero-order valence-electron chi connectivity index (χ0n) is 10.8. The van der Waals surface area contributed by atoms with Crippen LogP contribution in [0, 0.1) is 17.2 Å². The van der Waals surface area contributed by atoms with E-state index in [1.54, 1.807) is 0 Å². The number of rotatable bonds is 5. The molecule has 1 aromatic carbocycles. The minimum atomic E-state index is -3.95. The summed E-state index contributed by atoms with van der Waals surface area (Å²) in [6.45, 7) is 2.85. The molecule has 0 aliphatic rings. The van der Waals surface area contributed by atoms with Crippen molar-refractivity contribution in [1.82, 2.24) is 4.72 Å². The maximum absolute atomic E-state index is 12.1. The summed E-state index contributed by atoms with van der Waals surface area (Å²) in [7, 11) is -3.95. The molecule has 1 rings (SSSR count). The predicted molar refractivity (Wildman–Crippen MR) is 72.8 cm³/mol. The number of benzene rings is 1. The van der Waals surface area contributed by atoms with Gasteiger partial charge in [0.05, 0.1) is 22.6 Å². The lowest BCUT2D eigenvalue weighted by molar-refractivity contribution is -0.141. The third kappa shape index (κ3) is 3.70. The molecule has 2 atom stereocenters. The fourth-order valence-electron chi connectivity index (χ4n) is 1.41. The molecule has 0 saturated carbocycles. The molecule has 0 aliphatic carbocycles. The van der Waals surface area contributed by atoms with Crippen LogP contribution in [0.1, 0.15) is 19.4 Å². The molecule has 8 heteroatoms. The Balaban J connectivity index is 3.07. The highest BCUT2D eigenvalue weighted by Crippen LogP contribution is 2.23. The number of sulfonamides is 1. The summed E-state index contributed by atoms with van der Waals surface area (Å²) in [5.74, 6) is -1.99. The van der Waals surface area contributed by atoms with Crippen LogP contribution in [-0.2, 0) is 14.8 Å². The summed E-state index contributed by atoms with van der Waals surface area (Å²) < 4.78 is 26.5. The van der Waals surface area contributed by atoms with E-state index in [0.717, 1.165) is 0 Å². The quantitative estimate of drug-likeness (QED) is 0.858. The van der Waals surface area contributed by atoms with Crippen molar-refractivity contribution < 1.29 is 18.3 Å². The average molecular weight is 317 g/mol. The van der Waals surface area contributed by atoms with Gasteiger partial charge in [0, 0.05) is 6.04 Å². The Hall–Kier alpha value is -1.62. The van der Waals surface area contributed by atoms with E-state index in [2.05, 4.69) is 4.72 Å². The SMILES string of the molecule is CC(NS(=O)(=O)c1ccc(C#N)cc1Cl)C(C)C(=O)O. The van der Waals surface area contributed by atoms with E-state index in [-0.39, 0.29) is 15.5 Å². The molecule has 2 N–H and O–H groups in total. The molecule has 0 heterocycles. The van der Waals surface area contributed by atoms with Gasteiger partial charge < -0.3 is 5.11 Å². The first-order valence-corrected chi connectivity index (χ1v) is 7.50. The molecule has 0 bridgehead atoms. The summed E-state index contributed by atoms with van der Waals surface area (Å²) in [6, 6.07) is 4.81. The van der Waals surface area contributed by atoms with Gasteiger partial charge in [-0.2, -0.15) is 5.26 Å². The summed E-state index contributed by atoms with van der Waals surface area (Å²) >= 11 is 5.83. The third-order valence-electron chi connectivity index (χ3n) is 2.83. The topological polar surface area (TPSA) is 107 Å². The van der Waals surface area contributed by atoms with Crippen molar-refractivity contribution in [2.45, 2.75) is 24.8 Å². The highest BCUT2D eigenvalue weighted by molar-refractivity contribution is 7.89. The average Bonchev–Trinajstić information content (AvgIpc) is 2.36. The number of hydrogen-bond acceptors (Lipinski definition) is 4. The largest absolute Gasteiger partial charge is 0.481 e. The monoisotopic (exact) mass is 316 g/mol. The van der Waals surface area contributed by atoms with Crippen molar-refractivity contribution in [2.24, 2.45) is 5.92 Å². The number of nitrogens with zero attached hydrogens (tertiary/aromatic N) is 1. The van der Waals surface area contributed by atoms with E-state index in [1.165, 1.54) is 32.0 Å². The molecular weight excluding hydrogens is 304 g/mol. The summed E-state index contributed by atoms with van der Waals surface area (Å²) in [5, 5.41) is 17.5. The highest BCUT2D eigenvalue weighted by atomic mass is 35.5. The van der Waals surface area contributed by atoms with Gasteiger partial charge >= 0.3 is 5.97 Å². The first-order valence-electron chi connectivity index (χ1n) is 5.64. The Bertz CT molecular complexity index is 667. The van der Waals surface area contributed by atoms with E-state index in [0.29, 0.717) is 0 Å². The summed E-state index contributed by atoms with van der Waals surface area (Å²) in [6.07, 6.45) is 0. The zero-order chi connectivity index (χ0) is 15.5. The Morgan fingerprint density at radius 2 is 2.05 bits per heavy atom. The van der Waals surface area contributed by atoms with Crippen LogP contribution in [0.15, 0.2) is 23.1 Å². The number of carboxylic acid groups (broad SMARTS) is 1. The zero-order valence-corrected chi connectivity index (χ0v) is 12.4. The Morgan fingerprint density at radius 1 is 1.45 bits per heavy atom. The lowest BCUT2D eigenvalue weighted by atomic mass is 10.1. The smallest absolute Gasteiger partial charge is 0.307 e. The van der Waals surface area contributed by atoms with Crippen LogP contribution in [0.3, 0.4) is 0 Å². The van der Waals surface area contributed by atoms with Gasteiger partial charge in [-0.25, -0.2) is 13.1 Å². The van der Waals surface area contributed by atoms with Crippen molar-refractivity contribution in [3.8, 4) is 6.07 Å². The van der Waals surface area contributed by atoms with Gasteiger partial charge in [-0.15, -0.1) is 0 Å². The van der Waals surface area contributed by atoms with E-state index in [9.17, 15) is 13.2 Å². The van der Waals surface area contributed by atoms with Gasteiger partial charge in [-0.1, -0.05) is 18.5 Å². The van der Waals surface area contributed by atoms with Crippen molar-refractivity contribution >= 4 is 27.6 Å². The molecule has 0 aliphatic heterocycles. The van der Waals surface area contributed by atoms with Crippen LogP contribution >= 0.6 is 11.6 Å². The summed E-state index contributed by atoms with van der Waals surface area (Å²) in [5.41, 5.74) is 0.237. The van der Waals surface area contributed by atoms with Gasteiger partial charge in [0.15, 0.2) is 0 Å². The van der Waals surface area contributed by atoms with Gasteiger partial charge in [-0.3, -0.25) is 4.79 Å². The highest BCUT2D eigenvalue weighted by Gasteiger charge is 2.26. The number of halogens is 1. The molecule has 0 amide bonds. The number of aliphatic carboxylic acids is 1. The van der Waals surface area contributed by atoms with Gasteiger partial charge in [0.2, 0.25) is 10.0 Å². The van der Waals surface area contributed by atoms with Gasteiger partial charge in [-0.05, 0) is 25.1 Å². The molecule has 0 saturated heterocycles. The Morgan fingerprint density at radius 3 is 2.50 bits per heavy atom. The molecule has 0 radical (unpaired) electrons. The van der Waals surface area contributed by atoms with E-state index < -0.39 is 28.0 Å². The number of hydrogen-bond donors (Lipinski definition) is 2. The lowest BCUT2D eigenvalue weighted by Gasteiger charge is -2.18. The fraction of sp³-hybridized carbons (Fsp3) is 0.333. The first-order chi connectivity index (χ1) is 9.19. The number of carbonyl (C=O) groups is 1. The van der Waals surface area contributed by atoms with Crippen LogP contribution in [-0.4, -0.2) is 25.5 Å². The van der Waals surface area contributed by atoms with Crippen LogP contribution in [0.4, 0.5) is 0 Å². The summed E-state index contributed by atoms with van der Waals surface area (Å²) in [4.78, 5) is 10.6. The maximum Gasteiger partial charge on any atom is 0.307 e. The van der Waals surface area contributed by atoms with E-state index in [4.69, 9.17) is 22.0 Å². The third-order valence-corrected chi connectivity index (χ3v) is 4.87. The molecule has 1 aromatic rings. The standard InChI is InChI=1S/C12H13ClN2O4S/c1-7(12(16)17)8(2)15-20(18,19)11-4-3-9(6-14)5-10(11)13/h3-5,7-8,15H,1-2H3,(H,16,17). The molecule has 0 aromatic heterocycles. The van der Waals surface area contributed by atoms with Crippen molar-refractivity contribution in [3.63, 3.8) is 0 Å². The molecule has 108 valence electrons. The second-order valence-electron chi connectivity index (χ2n) is 4.29. The van der Waals surface area contributed by atoms with Crippen LogP contribution in [0.2, 0.25) is 5.02 Å². The molecule has 20 heavy (non-hydrogen) atoms. The maximum atomic E-state index is 12.1. The van der Waals surface area contributed by atoms with Crippen molar-refractivity contribution in [3.05, 3.63) is 28.8 Å². The minimum Gasteiger partial charge on any atom is -0.481 e. The predicted octanol–water partition coefficient (Wildman–Crippen LogP) is 1.60. The van der Waals surface area contributed by atoms with E-state index in [1.807, 2.05) is 6.07 Å². The first kappa shape index (κ1) is 16.4. The van der Waals surface area contributed by atoms with Crippen LogP contribution in [0.5, 0.6) is 0 Å². The molecule has 0 spiro atoms. The molecular formula is C12H13ClN2O4S. The van der Waals surface area contributed by atoms with Gasteiger partial charge in [0.25, 0.3) is 0 Å². The molecule has 6 nitrogen and oxygen atoms in total. The second-order valence-corrected chi connectivity index (χ2v) is 6.38. The van der Waals surface area contributed by atoms with Crippen molar-refractivity contribution in [2.75, 3.05) is 0 Å².